The Balaban J connectivity index is 1.99. The van der Waals surface area contributed by atoms with Crippen LogP contribution in [0.2, 0.25) is 18.1 Å². The van der Waals surface area contributed by atoms with Crippen molar-refractivity contribution in [2.45, 2.75) is 70.5 Å². The molecule has 162 valence electrons. The zero-order valence-corrected chi connectivity index (χ0v) is 19.3. The lowest BCUT2D eigenvalue weighted by Crippen LogP contribution is -2.42. The van der Waals surface area contributed by atoms with Crippen LogP contribution in [0.15, 0.2) is 30.3 Å². The fraction of sp³-hybridized carbons (Fsp3) is 0.619. The number of hydroxylamine groups is 2. The number of ether oxygens (including phenoxy) is 2. The molecular formula is C21H33NO6Si. The largest absolute Gasteiger partial charge is 0.469 e. The predicted octanol–water partition coefficient (Wildman–Crippen LogP) is 4.28. The van der Waals surface area contributed by atoms with Gasteiger partial charge in [-0.05, 0) is 23.7 Å². The van der Waals surface area contributed by atoms with Gasteiger partial charge in [0.25, 0.3) is 0 Å². The van der Waals surface area contributed by atoms with Crippen LogP contribution in [0.4, 0.5) is 4.79 Å². The summed E-state index contributed by atoms with van der Waals surface area (Å²) in [4.78, 5) is 30.2. The Bertz CT molecular complexity index is 688. The highest BCUT2D eigenvalue weighted by Crippen LogP contribution is 2.37. The number of nitrogens with zero attached hydrogens (tertiary/aromatic N) is 1. The van der Waals surface area contributed by atoms with Crippen LogP contribution < -0.4 is 0 Å². The summed E-state index contributed by atoms with van der Waals surface area (Å²) in [5.74, 6) is -0.398. The normalized spacial score (nSPS) is 19.9. The Hall–Kier alpha value is -1.90. The van der Waals surface area contributed by atoms with E-state index in [1.807, 2.05) is 30.3 Å². The number of hydrogen-bond acceptors (Lipinski definition) is 6. The van der Waals surface area contributed by atoms with Crippen molar-refractivity contribution in [1.82, 2.24) is 5.06 Å². The second-order valence-corrected chi connectivity index (χ2v) is 13.6. The van der Waals surface area contributed by atoms with Gasteiger partial charge in [-0.25, -0.2) is 4.79 Å². The molecule has 1 aromatic rings. The number of hydrogen-bond donors (Lipinski definition) is 0. The Morgan fingerprint density at radius 1 is 1.21 bits per heavy atom. The summed E-state index contributed by atoms with van der Waals surface area (Å²) in [5.41, 5.74) is 0.877. The fourth-order valence-electron chi connectivity index (χ4n) is 2.72. The highest BCUT2D eigenvalue weighted by molar-refractivity contribution is 6.74. The van der Waals surface area contributed by atoms with E-state index in [9.17, 15) is 9.59 Å². The van der Waals surface area contributed by atoms with Crippen molar-refractivity contribution in [3.05, 3.63) is 35.9 Å². The summed E-state index contributed by atoms with van der Waals surface area (Å²) in [6.45, 7) is 11.3. The maximum absolute atomic E-state index is 12.6. The van der Waals surface area contributed by atoms with Crippen molar-refractivity contribution in [2.75, 3.05) is 13.7 Å². The number of benzene rings is 1. The molecule has 0 aromatic heterocycles. The molecular weight excluding hydrogens is 390 g/mol. The average molecular weight is 424 g/mol. The van der Waals surface area contributed by atoms with Crippen molar-refractivity contribution in [1.29, 1.82) is 0 Å². The molecule has 2 rings (SSSR count). The number of amides is 1. The third-order valence-corrected chi connectivity index (χ3v) is 10.1. The molecule has 1 fully saturated rings. The van der Waals surface area contributed by atoms with Crippen LogP contribution >= 0.6 is 0 Å². The van der Waals surface area contributed by atoms with E-state index >= 15 is 0 Å². The molecule has 7 nitrogen and oxygen atoms in total. The molecule has 0 bridgehead atoms. The van der Waals surface area contributed by atoms with Crippen LogP contribution in [0.3, 0.4) is 0 Å². The number of methoxy groups -OCH3 is 1. The van der Waals surface area contributed by atoms with E-state index in [-0.39, 0.29) is 24.2 Å². The maximum atomic E-state index is 12.6. The van der Waals surface area contributed by atoms with Gasteiger partial charge in [0, 0.05) is 6.42 Å². The van der Waals surface area contributed by atoms with Gasteiger partial charge in [-0.15, -0.1) is 0 Å². The van der Waals surface area contributed by atoms with E-state index in [1.54, 1.807) is 0 Å². The Morgan fingerprint density at radius 2 is 1.86 bits per heavy atom. The molecule has 8 heteroatoms. The van der Waals surface area contributed by atoms with E-state index in [0.29, 0.717) is 13.0 Å². The molecule has 0 saturated carbocycles. The van der Waals surface area contributed by atoms with Crippen molar-refractivity contribution in [3.63, 3.8) is 0 Å². The first-order chi connectivity index (χ1) is 13.5. The van der Waals surface area contributed by atoms with Gasteiger partial charge >= 0.3 is 12.1 Å². The quantitative estimate of drug-likeness (QED) is 0.481. The molecule has 1 heterocycles. The number of carbonyl (C=O) groups is 2. The monoisotopic (exact) mass is 423 g/mol. The molecule has 0 unspecified atom stereocenters. The molecule has 0 spiro atoms. The van der Waals surface area contributed by atoms with E-state index in [1.165, 1.54) is 12.2 Å². The molecule has 1 aliphatic heterocycles. The third kappa shape index (κ3) is 6.55. The van der Waals surface area contributed by atoms with Crippen molar-refractivity contribution >= 4 is 20.4 Å². The van der Waals surface area contributed by atoms with Gasteiger partial charge in [-0.2, -0.15) is 5.06 Å². The van der Waals surface area contributed by atoms with Crippen LogP contribution in [0.1, 0.15) is 39.2 Å². The molecule has 1 amide bonds. The van der Waals surface area contributed by atoms with Crippen LogP contribution in [-0.4, -0.2) is 51.3 Å². The highest BCUT2D eigenvalue weighted by atomic mass is 28.4. The van der Waals surface area contributed by atoms with Crippen LogP contribution in [-0.2, 0) is 30.1 Å². The molecule has 1 aromatic carbocycles. The summed E-state index contributed by atoms with van der Waals surface area (Å²) < 4.78 is 16.4. The lowest BCUT2D eigenvalue weighted by Gasteiger charge is -2.36. The van der Waals surface area contributed by atoms with Gasteiger partial charge in [-0.3, -0.25) is 9.63 Å². The van der Waals surface area contributed by atoms with Gasteiger partial charge in [-0.1, -0.05) is 51.1 Å². The van der Waals surface area contributed by atoms with Crippen molar-refractivity contribution in [2.24, 2.45) is 0 Å². The lowest BCUT2D eigenvalue weighted by molar-refractivity contribution is -0.157. The Kier molecular flexibility index (Phi) is 7.84. The molecule has 1 aliphatic rings. The SMILES string of the molecule is COC(=O)C[C@H]1C[C@@H](CO[Si](C)(C)C(C)(C)C)ON1C(=O)OCc1ccccc1. The first-order valence-corrected chi connectivity index (χ1v) is 12.8. The lowest BCUT2D eigenvalue weighted by atomic mass is 10.1. The Labute approximate surface area is 174 Å². The van der Waals surface area contributed by atoms with Crippen molar-refractivity contribution in [3.8, 4) is 0 Å². The molecule has 0 radical (unpaired) electrons. The summed E-state index contributed by atoms with van der Waals surface area (Å²) in [6, 6.07) is 8.96. The zero-order valence-electron chi connectivity index (χ0n) is 18.3. The van der Waals surface area contributed by atoms with Crippen LogP contribution in [0.25, 0.3) is 0 Å². The molecule has 0 aliphatic carbocycles. The zero-order chi connectivity index (χ0) is 21.7. The summed E-state index contributed by atoms with van der Waals surface area (Å²) in [7, 11) is -0.621. The molecule has 2 atom stereocenters. The fourth-order valence-corrected chi connectivity index (χ4v) is 3.76. The van der Waals surface area contributed by atoms with Gasteiger partial charge in [0.05, 0.1) is 26.2 Å². The number of esters is 1. The highest BCUT2D eigenvalue weighted by Gasteiger charge is 2.42. The van der Waals surface area contributed by atoms with E-state index < -0.39 is 26.4 Å². The minimum atomic E-state index is -1.95. The molecule has 29 heavy (non-hydrogen) atoms. The first-order valence-electron chi connectivity index (χ1n) is 9.91. The smallest absolute Gasteiger partial charge is 0.434 e. The second kappa shape index (κ2) is 9.73. The number of carbonyl (C=O) groups excluding carboxylic acids is 2. The van der Waals surface area contributed by atoms with Crippen molar-refractivity contribution < 1.29 is 28.3 Å². The standard InChI is InChI=1S/C21H33NO6Si/c1-21(2,3)29(5,6)27-15-18-12-17(13-19(23)25-4)22(28-18)20(24)26-14-16-10-8-7-9-11-16/h7-11,17-18H,12-15H2,1-6H3/t17-,18+/m1/s1. The van der Waals surface area contributed by atoms with Crippen LogP contribution in [0, 0.1) is 0 Å². The molecule has 1 saturated heterocycles. The van der Waals surface area contributed by atoms with Crippen LogP contribution in [0.5, 0.6) is 0 Å². The summed E-state index contributed by atoms with van der Waals surface area (Å²) in [6.07, 6.45) is -0.391. The van der Waals surface area contributed by atoms with Gasteiger partial charge in [0.15, 0.2) is 8.32 Å². The predicted molar refractivity (Wildman–Crippen MR) is 112 cm³/mol. The topological polar surface area (TPSA) is 74.3 Å². The maximum Gasteiger partial charge on any atom is 0.434 e. The second-order valence-electron chi connectivity index (χ2n) is 8.83. The molecule has 0 N–H and O–H groups in total. The minimum Gasteiger partial charge on any atom is -0.469 e. The summed E-state index contributed by atoms with van der Waals surface area (Å²) in [5, 5.41) is 1.24. The van der Waals surface area contributed by atoms with E-state index in [0.717, 1.165) is 5.56 Å². The first kappa shape index (κ1) is 23.4. The minimum absolute atomic E-state index is 0.0491. The van der Waals surface area contributed by atoms with Gasteiger partial charge in [0.2, 0.25) is 0 Å². The third-order valence-electron chi connectivity index (χ3n) is 5.58. The van der Waals surface area contributed by atoms with Gasteiger partial charge in [0.1, 0.15) is 12.7 Å². The van der Waals surface area contributed by atoms with E-state index in [4.69, 9.17) is 18.7 Å². The number of rotatable bonds is 7. The van der Waals surface area contributed by atoms with E-state index in [2.05, 4.69) is 33.9 Å². The summed E-state index contributed by atoms with van der Waals surface area (Å²) >= 11 is 0. The Morgan fingerprint density at radius 3 is 2.45 bits per heavy atom. The van der Waals surface area contributed by atoms with Gasteiger partial charge < -0.3 is 13.9 Å². The average Bonchev–Trinajstić information content (AvgIpc) is 3.07.